The van der Waals surface area contributed by atoms with Gasteiger partial charge >= 0.3 is 0 Å². The third-order valence-electron chi connectivity index (χ3n) is 4.48. The first-order valence-corrected chi connectivity index (χ1v) is 8.51. The second kappa shape index (κ2) is 6.41. The Bertz CT molecular complexity index is 1310. The van der Waals surface area contributed by atoms with Crippen LogP contribution in [-0.2, 0) is 0 Å². The number of benzene rings is 2. The van der Waals surface area contributed by atoms with Crippen LogP contribution in [0.2, 0.25) is 0 Å². The number of aromatic amines is 1. The normalized spacial score (nSPS) is 11.1. The SMILES string of the molecule is Cc1cc(-c2c(C)cccc2C(N)=O)n(-c2nc3ccc(F)cc3c(=O)[nH]2)n1. The van der Waals surface area contributed by atoms with E-state index in [0.29, 0.717) is 28.0 Å². The Hall–Kier alpha value is -3.81. The number of amides is 1. The zero-order valence-electron chi connectivity index (χ0n) is 15.2. The number of carbonyl (C=O) groups is 1. The predicted molar refractivity (Wildman–Crippen MR) is 103 cm³/mol. The van der Waals surface area contributed by atoms with E-state index in [-0.39, 0.29) is 11.3 Å². The molecule has 4 rings (SSSR count). The maximum absolute atomic E-state index is 13.5. The first kappa shape index (κ1) is 17.6. The molecule has 0 atom stereocenters. The zero-order chi connectivity index (χ0) is 20.0. The van der Waals surface area contributed by atoms with Gasteiger partial charge in [0, 0.05) is 11.1 Å². The summed E-state index contributed by atoms with van der Waals surface area (Å²) >= 11 is 0. The molecule has 0 fully saturated rings. The quantitative estimate of drug-likeness (QED) is 0.572. The number of primary amides is 1. The maximum Gasteiger partial charge on any atom is 0.260 e. The highest BCUT2D eigenvalue weighted by atomic mass is 19.1. The number of nitrogens with two attached hydrogens (primary N) is 1. The van der Waals surface area contributed by atoms with Crippen LogP contribution in [0, 0.1) is 19.7 Å². The summed E-state index contributed by atoms with van der Waals surface area (Å²) in [7, 11) is 0. The zero-order valence-corrected chi connectivity index (χ0v) is 15.2. The molecule has 0 saturated heterocycles. The number of H-pyrrole nitrogens is 1. The van der Waals surface area contributed by atoms with E-state index in [2.05, 4.69) is 15.1 Å². The molecule has 8 heteroatoms. The summed E-state index contributed by atoms with van der Waals surface area (Å²) < 4.78 is 14.9. The molecule has 28 heavy (non-hydrogen) atoms. The minimum Gasteiger partial charge on any atom is -0.366 e. The first-order valence-electron chi connectivity index (χ1n) is 8.51. The van der Waals surface area contributed by atoms with Crippen LogP contribution in [-0.4, -0.2) is 25.7 Å². The summed E-state index contributed by atoms with van der Waals surface area (Å²) in [4.78, 5) is 31.4. The van der Waals surface area contributed by atoms with Crippen LogP contribution in [0.25, 0.3) is 28.1 Å². The molecule has 2 heterocycles. The van der Waals surface area contributed by atoms with Crippen molar-refractivity contribution in [3.8, 4) is 17.2 Å². The van der Waals surface area contributed by atoms with Gasteiger partial charge in [0.05, 0.1) is 22.3 Å². The van der Waals surface area contributed by atoms with Gasteiger partial charge in [0.1, 0.15) is 5.82 Å². The van der Waals surface area contributed by atoms with E-state index in [1.807, 2.05) is 13.0 Å². The van der Waals surface area contributed by atoms with Crippen LogP contribution < -0.4 is 11.3 Å². The van der Waals surface area contributed by atoms with Crippen LogP contribution in [0.3, 0.4) is 0 Å². The monoisotopic (exact) mass is 377 g/mol. The summed E-state index contributed by atoms with van der Waals surface area (Å²) in [5.41, 5.74) is 8.39. The number of aromatic nitrogens is 4. The lowest BCUT2D eigenvalue weighted by atomic mass is 9.98. The van der Waals surface area contributed by atoms with E-state index in [1.54, 1.807) is 25.1 Å². The van der Waals surface area contributed by atoms with Crippen molar-refractivity contribution in [3.05, 3.63) is 75.5 Å². The van der Waals surface area contributed by atoms with Crippen molar-refractivity contribution < 1.29 is 9.18 Å². The first-order chi connectivity index (χ1) is 13.3. The summed E-state index contributed by atoms with van der Waals surface area (Å²) in [5.74, 6) is -0.931. The number of nitrogens with one attached hydrogen (secondary N) is 1. The number of aryl methyl sites for hydroxylation is 2. The summed E-state index contributed by atoms with van der Waals surface area (Å²) in [6.45, 7) is 3.64. The Morgan fingerprint density at radius 3 is 2.71 bits per heavy atom. The fourth-order valence-corrected chi connectivity index (χ4v) is 3.25. The second-order valence-electron chi connectivity index (χ2n) is 6.50. The van der Waals surface area contributed by atoms with Gasteiger partial charge in [-0.1, -0.05) is 12.1 Å². The number of halogens is 1. The van der Waals surface area contributed by atoms with Crippen LogP contribution in [0.5, 0.6) is 0 Å². The number of nitrogens with zero attached hydrogens (tertiary/aromatic N) is 3. The predicted octanol–water partition coefficient (Wildman–Crippen LogP) is 2.63. The van der Waals surface area contributed by atoms with Crippen LogP contribution in [0.15, 0.2) is 47.3 Å². The highest BCUT2D eigenvalue weighted by Gasteiger charge is 2.19. The Balaban J connectivity index is 2.01. The standard InChI is InChI=1S/C20H16FN5O2/c1-10-4-3-5-13(18(22)27)17(10)16-8-11(2)25-26(16)20-23-15-7-6-12(21)9-14(15)19(28)24-20/h3-9H,1-2H3,(H2,22,27)(H,23,24,28). The molecular weight excluding hydrogens is 361 g/mol. The van der Waals surface area contributed by atoms with Gasteiger partial charge in [-0.25, -0.2) is 9.37 Å². The number of fused-ring (bicyclic) bond motifs is 1. The van der Waals surface area contributed by atoms with E-state index >= 15 is 0 Å². The summed E-state index contributed by atoms with van der Waals surface area (Å²) in [6.07, 6.45) is 0. The number of hydrogen-bond acceptors (Lipinski definition) is 4. The van der Waals surface area contributed by atoms with Gasteiger partial charge in [-0.15, -0.1) is 0 Å². The average Bonchev–Trinajstić information content (AvgIpc) is 3.03. The molecule has 0 bridgehead atoms. The van der Waals surface area contributed by atoms with Crippen LogP contribution in [0.4, 0.5) is 4.39 Å². The molecule has 2 aromatic heterocycles. The van der Waals surface area contributed by atoms with Crippen molar-refractivity contribution in [1.29, 1.82) is 0 Å². The minimum absolute atomic E-state index is 0.142. The summed E-state index contributed by atoms with van der Waals surface area (Å²) in [5, 5.41) is 4.56. The lowest BCUT2D eigenvalue weighted by Gasteiger charge is -2.12. The van der Waals surface area contributed by atoms with Gasteiger partial charge in [0.2, 0.25) is 11.9 Å². The smallest absolute Gasteiger partial charge is 0.260 e. The van der Waals surface area contributed by atoms with Crippen LogP contribution >= 0.6 is 0 Å². The van der Waals surface area contributed by atoms with Crippen molar-refractivity contribution in [3.63, 3.8) is 0 Å². The molecule has 0 radical (unpaired) electrons. The molecule has 3 N–H and O–H groups in total. The number of carbonyl (C=O) groups excluding carboxylic acids is 1. The number of hydrogen-bond donors (Lipinski definition) is 2. The Morgan fingerprint density at radius 1 is 1.18 bits per heavy atom. The summed E-state index contributed by atoms with van der Waals surface area (Å²) in [6, 6.07) is 10.8. The minimum atomic E-state index is -0.570. The Labute approximate surface area is 158 Å². The fourth-order valence-electron chi connectivity index (χ4n) is 3.25. The van der Waals surface area contributed by atoms with Gasteiger partial charge in [-0.05, 0) is 49.7 Å². The van der Waals surface area contributed by atoms with Gasteiger partial charge in [-0.3, -0.25) is 14.6 Å². The van der Waals surface area contributed by atoms with Gasteiger partial charge < -0.3 is 5.73 Å². The molecule has 0 spiro atoms. The van der Waals surface area contributed by atoms with Crippen LogP contribution in [0.1, 0.15) is 21.6 Å². The molecule has 0 unspecified atom stereocenters. The second-order valence-corrected chi connectivity index (χ2v) is 6.50. The van der Waals surface area contributed by atoms with Crippen molar-refractivity contribution in [2.24, 2.45) is 5.73 Å². The van der Waals surface area contributed by atoms with E-state index in [4.69, 9.17) is 5.73 Å². The van der Waals surface area contributed by atoms with Gasteiger partial charge in [-0.2, -0.15) is 9.78 Å². The molecule has 0 aliphatic heterocycles. The third-order valence-corrected chi connectivity index (χ3v) is 4.48. The van der Waals surface area contributed by atoms with E-state index in [1.165, 1.54) is 16.8 Å². The Kier molecular flexibility index (Phi) is 4.03. The van der Waals surface area contributed by atoms with Crippen molar-refractivity contribution in [2.75, 3.05) is 0 Å². The van der Waals surface area contributed by atoms with Crippen molar-refractivity contribution >= 4 is 16.8 Å². The molecule has 2 aromatic carbocycles. The third kappa shape index (κ3) is 2.84. The maximum atomic E-state index is 13.5. The van der Waals surface area contributed by atoms with E-state index in [0.717, 1.165) is 11.6 Å². The van der Waals surface area contributed by atoms with E-state index < -0.39 is 17.3 Å². The van der Waals surface area contributed by atoms with Gasteiger partial charge in [0.25, 0.3) is 5.56 Å². The fraction of sp³-hybridized carbons (Fsp3) is 0.100. The molecule has 0 saturated carbocycles. The lowest BCUT2D eigenvalue weighted by Crippen LogP contribution is -2.17. The van der Waals surface area contributed by atoms with Gasteiger partial charge in [0.15, 0.2) is 0 Å². The molecule has 0 aliphatic rings. The van der Waals surface area contributed by atoms with Crippen molar-refractivity contribution in [1.82, 2.24) is 19.7 Å². The lowest BCUT2D eigenvalue weighted by molar-refractivity contribution is 0.100. The average molecular weight is 377 g/mol. The Morgan fingerprint density at radius 2 is 1.96 bits per heavy atom. The molecular formula is C20H16FN5O2. The van der Waals surface area contributed by atoms with Crippen molar-refractivity contribution in [2.45, 2.75) is 13.8 Å². The molecule has 0 aliphatic carbocycles. The highest BCUT2D eigenvalue weighted by Crippen LogP contribution is 2.29. The molecule has 140 valence electrons. The molecule has 1 amide bonds. The molecule has 7 nitrogen and oxygen atoms in total. The highest BCUT2D eigenvalue weighted by molar-refractivity contribution is 6.00. The largest absolute Gasteiger partial charge is 0.366 e. The topological polar surface area (TPSA) is 107 Å². The van der Waals surface area contributed by atoms with E-state index in [9.17, 15) is 14.0 Å². The number of rotatable bonds is 3. The molecule has 4 aromatic rings.